The van der Waals surface area contributed by atoms with Gasteiger partial charge in [0.2, 0.25) is 5.91 Å². The highest BCUT2D eigenvalue weighted by atomic mass is 16.2. The molecule has 1 amide bonds. The van der Waals surface area contributed by atoms with Crippen LogP contribution in [0.5, 0.6) is 0 Å². The lowest BCUT2D eigenvalue weighted by Crippen LogP contribution is -2.51. The van der Waals surface area contributed by atoms with E-state index in [9.17, 15) is 4.79 Å². The molecule has 3 rings (SSSR count). The Labute approximate surface area is 124 Å². The maximum atomic E-state index is 12.3. The van der Waals surface area contributed by atoms with Crippen molar-refractivity contribution in [2.24, 2.45) is 0 Å². The van der Waals surface area contributed by atoms with Crippen molar-refractivity contribution in [1.82, 2.24) is 25.9 Å². The molecule has 2 aliphatic heterocycles. The Kier molecular flexibility index (Phi) is 4.31. The fraction of sp³-hybridized carbons (Fsp3) is 0.643. The minimum atomic E-state index is -0.0562. The summed E-state index contributed by atoms with van der Waals surface area (Å²) in [5, 5.41) is 8.07. The molecule has 21 heavy (non-hydrogen) atoms. The van der Waals surface area contributed by atoms with Gasteiger partial charge >= 0.3 is 0 Å². The molecule has 0 radical (unpaired) electrons. The summed E-state index contributed by atoms with van der Waals surface area (Å²) < 4.78 is 0. The molecule has 1 unspecified atom stereocenters. The number of hydrogen-bond acceptors (Lipinski definition) is 6. The third-order valence-electron chi connectivity index (χ3n) is 4.38. The van der Waals surface area contributed by atoms with E-state index in [-0.39, 0.29) is 11.9 Å². The van der Waals surface area contributed by atoms with Crippen LogP contribution in [0, 0.1) is 0 Å². The second kappa shape index (κ2) is 6.36. The van der Waals surface area contributed by atoms with Gasteiger partial charge in [0.25, 0.3) is 0 Å². The van der Waals surface area contributed by atoms with Gasteiger partial charge in [-0.25, -0.2) is 5.43 Å². The lowest BCUT2D eigenvalue weighted by molar-refractivity contribution is -0.134. The first-order chi connectivity index (χ1) is 10.3. The van der Waals surface area contributed by atoms with Gasteiger partial charge in [0.05, 0.1) is 0 Å². The van der Waals surface area contributed by atoms with E-state index in [0.29, 0.717) is 6.04 Å². The molecule has 114 valence electrons. The number of nitrogens with one attached hydrogen (secondary N) is 2. The first-order valence-electron chi connectivity index (χ1n) is 7.53. The van der Waals surface area contributed by atoms with Gasteiger partial charge in [-0.05, 0) is 31.4 Å². The van der Waals surface area contributed by atoms with E-state index in [1.807, 2.05) is 17.0 Å². The molecule has 3 heterocycles. The maximum absolute atomic E-state index is 12.3. The van der Waals surface area contributed by atoms with Crippen LogP contribution in [-0.4, -0.2) is 59.8 Å². The predicted octanol–water partition coefficient (Wildman–Crippen LogP) is -0.230. The number of aromatic nitrogens is 2. The summed E-state index contributed by atoms with van der Waals surface area (Å²) in [6.07, 6.45) is 4.50. The van der Waals surface area contributed by atoms with E-state index in [0.717, 1.165) is 44.7 Å². The highest BCUT2D eigenvalue weighted by Gasteiger charge is 2.31. The zero-order valence-corrected chi connectivity index (χ0v) is 12.3. The second-order valence-electron chi connectivity index (χ2n) is 5.66. The SMILES string of the molecule is CN(c1cccnn1)C1CCN(C(=O)C2CCNN2)CC1. The van der Waals surface area contributed by atoms with Gasteiger partial charge in [-0.3, -0.25) is 10.2 Å². The molecule has 0 spiro atoms. The fourth-order valence-electron chi connectivity index (χ4n) is 3.03. The van der Waals surface area contributed by atoms with Crippen LogP contribution in [0.2, 0.25) is 0 Å². The van der Waals surface area contributed by atoms with Crippen molar-refractivity contribution < 1.29 is 4.79 Å². The normalized spacial score (nSPS) is 23.3. The molecule has 1 aromatic heterocycles. The molecule has 2 aliphatic rings. The third kappa shape index (κ3) is 3.14. The fourth-order valence-corrected chi connectivity index (χ4v) is 3.03. The van der Waals surface area contributed by atoms with Crippen molar-refractivity contribution in [1.29, 1.82) is 0 Å². The summed E-state index contributed by atoms with van der Waals surface area (Å²) in [7, 11) is 2.05. The zero-order valence-electron chi connectivity index (χ0n) is 12.3. The van der Waals surface area contributed by atoms with Gasteiger partial charge in [-0.15, -0.1) is 5.10 Å². The van der Waals surface area contributed by atoms with Crippen LogP contribution < -0.4 is 15.8 Å². The Morgan fingerprint density at radius 1 is 1.38 bits per heavy atom. The molecular weight excluding hydrogens is 268 g/mol. The Hall–Kier alpha value is -1.73. The Morgan fingerprint density at radius 3 is 2.81 bits per heavy atom. The van der Waals surface area contributed by atoms with Crippen LogP contribution in [-0.2, 0) is 4.79 Å². The first kappa shape index (κ1) is 14.2. The number of hydrogen-bond donors (Lipinski definition) is 2. The molecule has 2 N–H and O–H groups in total. The summed E-state index contributed by atoms with van der Waals surface area (Å²) in [5.41, 5.74) is 6.06. The molecule has 2 fully saturated rings. The van der Waals surface area contributed by atoms with Crippen LogP contribution in [0.15, 0.2) is 18.3 Å². The second-order valence-corrected chi connectivity index (χ2v) is 5.66. The van der Waals surface area contributed by atoms with E-state index in [1.165, 1.54) is 0 Å². The van der Waals surface area contributed by atoms with E-state index < -0.39 is 0 Å². The Balaban J connectivity index is 1.54. The van der Waals surface area contributed by atoms with E-state index >= 15 is 0 Å². The molecule has 0 saturated carbocycles. The summed E-state index contributed by atoms with van der Waals surface area (Å²) in [5.74, 6) is 1.12. The number of likely N-dealkylation sites (tertiary alicyclic amines) is 1. The van der Waals surface area contributed by atoms with Gasteiger partial charge in [0, 0.05) is 38.9 Å². The maximum Gasteiger partial charge on any atom is 0.241 e. The highest BCUT2D eigenvalue weighted by Crippen LogP contribution is 2.20. The zero-order chi connectivity index (χ0) is 14.7. The Bertz CT molecular complexity index is 468. The minimum absolute atomic E-state index is 0.0562. The average molecular weight is 290 g/mol. The van der Waals surface area contributed by atoms with Gasteiger partial charge < -0.3 is 9.80 Å². The number of hydrazine groups is 1. The number of rotatable bonds is 3. The summed E-state index contributed by atoms with van der Waals surface area (Å²) in [6, 6.07) is 4.23. The van der Waals surface area contributed by atoms with Crippen LogP contribution in [0.3, 0.4) is 0 Å². The third-order valence-corrected chi connectivity index (χ3v) is 4.38. The molecule has 0 aliphatic carbocycles. The number of piperidine rings is 1. The molecule has 1 aromatic rings. The molecule has 7 heteroatoms. The number of nitrogens with zero attached hydrogens (tertiary/aromatic N) is 4. The monoisotopic (exact) mass is 290 g/mol. The van der Waals surface area contributed by atoms with Gasteiger partial charge in [-0.2, -0.15) is 5.10 Å². The van der Waals surface area contributed by atoms with Crippen molar-refractivity contribution >= 4 is 11.7 Å². The van der Waals surface area contributed by atoms with Gasteiger partial charge in [0.15, 0.2) is 5.82 Å². The van der Waals surface area contributed by atoms with E-state index in [4.69, 9.17) is 0 Å². The van der Waals surface area contributed by atoms with Crippen LogP contribution in [0.25, 0.3) is 0 Å². The van der Waals surface area contributed by atoms with E-state index in [1.54, 1.807) is 6.20 Å². The molecule has 0 aromatic carbocycles. The summed E-state index contributed by atoms with van der Waals surface area (Å²) in [6.45, 7) is 2.49. The van der Waals surface area contributed by atoms with Crippen molar-refractivity contribution in [3.05, 3.63) is 18.3 Å². The quantitative estimate of drug-likeness (QED) is 0.801. The van der Waals surface area contributed by atoms with Crippen LogP contribution in [0.4, 0.5) is 5.82 Å². The molecule has 0 bridgehead atoms. The van der Waals surface area contributed by atoms with Crippen molar-refractivity contribution in [3.8, 4) is 0 Å². The summed E-state index contributed by atoms with van der Waals surface area (Å²) in [4.78, 5) is 16.5. The van der Waals surface area contributed by atoms with Crippen molar-refractivity contribution in [2.75, 3.05) is 31.6 Å². The molecule has 1 atom stereocenters. The largest absolute Gasteiger partial charge is 0.355 e. The van der Waals surface area contributed by atoms with Crippen molar-refractivity contribution in [3.63, 3.8) is 0 Å². The number of amides is 1. The van der Waals surface area contributed by atoms with Crippen LogP contribution in [0.1, 0.15) is 19.3 Å². The van der Waals surface area contributed by atoms with E-state index in [2.05, 4.69) is 33.0 Å². The lowest BCUT2D eigenvalue weighted by Gasteiger charge is -2.37. The molecule has 7 nitrogen and oxygen atoms in total. The minimum Gasteiger partial charge on any atom is -0.355 e. The summed E-state index contributed by atoms with van der Waals surface area (Å²) >= 11 is 0. The average Bonchev–Trinajstić information content (AvgIpc) is 3.09. The molecule has 2 saturated heterocycles. The number of carbonyl (C=O) groups is 1. The highest BCUT2D eigenvalue weighted by molar-refractivity contribution is 5.82. The van der Waals surface area contributed by atoms with Crippen LogP contribution >= 0.6 is 0 Å². The Morgan fingerprint density at radius 2 is 2.19 bits per heavy atom. The standard InChI is InChI=1S/C14H22N6O/c1-19(13-3-2-7-15-18-13)11-5-9-20(10-6-11)14(21)12-4-8-16-17-12/h2-3,7,11-12,16-17H,4-6,8-10H2,1H3. The number of carbonyl (C=O) groups excluding carboxylic acids is 1. The smallest absolute Gasteiger partial charge is 0.241 e. The first-order valence-corrected chi connectivity index (χ1v) is 7.53. The van der Waals surface area contributed by atoms with Gasteiger partial charge in [-0.1, -0.05) is 0 Å². The van der Waals surface area contributed by atoms with Gasteiger partial charge in [0.1, 0.15) is 6.04 Å². The molecular formula is C14H22N6O. The van der Waals surface area contributed by atoms with Crippen molar-refractivity contribution in [2.45, 2.75) is 31.3 Å². The topological polar surface area (TPSA) is 73.4 Å². The number of anilines is 1. The predicted molar refractivity (Wildman–Crippen MR) is 79.6 cm³/mol. The lowest BCUT2D eigenvalue weighted by atomic mass is 10.0.